The predicted octanol–water partition coefficient (Wildman–Crippen LogP) is 0.718. The molecule has 6 nitrogen and oxygen atoms in total. The standard InChI is InChI=1S/C9H13N3O3.HI/c1-11-9(10)12-5-6-3-4-7(15-6)8(13)14-2;/h3-4H,5H2,1-2H3,(H3,10,11,12);1H. The van der Waals surface area contributed by atoms with Crippen molar-refractivity contribution in [1.29, 1.82) is 0 Å². The third kappa shape index (κ3) is 4.09. The van der Waals surface area contributed by atoms with Crippen LogP contribution in [0.5, 0.6) is 0 Å². The normalized spacial score (nSPS) is 10.5. The van der Waals surface area contributed by atoms with E-state index in [1.807, 2.05) is 0 Å². The largest absolute Gasteiger partial charge is 0.463 e. The van der Waals surface area contributed by atoms with Crippen LogP contribution in [0.4, 0.5) is 0 Å². The van der Waals surface area contributed by atoms with Gasteiger partial charge in [-0.3, -0.25) is 4.99 Å². The Bertz CT molecular complexity index is 376. The van der Waals surface area contributed by atoms with Crippen LogP contribution in [0.3, 0.4) is 0 Å². The molecule has 0 aromatic carbocycles. The summed E-state index contributed by atoms with van der Waals surface area (Å²) in [4.78, 5) is 14.7. The van der Waals surface area contributed by atoms with Gasteiger partial charge in [0.05, 0.1) is 13.7 Å². The van der Waals surface area contributed by atoms with E-state index in [4.69, 9.17) is 10.2 Å². The summed E-state index contributed by atoms with van der Waals surface area (Å²) >= 11 is 0. The highest BCUT2D eigenvalue weighted by molar-refractivity contribution is 14.0. The summed E-state index contributed by atoms with van der Waals surface area (Å²) in [5.74, 6) is 0.563. The molecule has 0 amide bonds. The minimum Gasteiger partial charge on any atom is -0.463 e. The van der Waals surface area contributed by atoms with Crippen LogP contribution in [-0.4, -0.2) is 26.1 Å². The third-order valence-corrected chi connectivity index (χ3v) is 1.73. The maximum Gasteiger partial charge on any atom is 0.373 e. The molecule has 0 aliphatic carbocycles. The summed E-state index contributed by atoms with van der Waals surface area (Å²) in [7, 11) is 2.87. The van der Waals surface area contributed by atoms with Crippen LogP contribution in [0.2, 0.25) is 0 Å². The number of nitrogens with one attached hydrogen (secondary N) is 1. The molecule has 0 bridgehead atoms. The molecule has 3 N–H and O–H groups in total. The molecule has 7 heteroatoms. The summed E-state index contributed by atoms with van der Waals surface area (Å²) < 4.78 is 9.68. The molecule has 1 aromatic heterocycles. The van der Waals surface area contributed by atoms with Crippen molar-refractivity contribution in [2.24, 2.45) is 10.7 Å². The van der Waals surface area contributed by atoms with Gasteiger partial charge in [-0.05, 0) is 12.1 Å². The van der Waals surface area contributed by atoms with E-state index in [1.165, 1.54) is 7.11 Å². The second kappa shape index (κ2) is 7.09. The van der Waals surface area contributed by atoms with E-state index in [2.05, 4.69) is 15.0 Å². The molecule has 0 saturated carbocycles. The maximum atomic E-state index is 11.0. The molecule has 16 heavy (non-hydrogen) atoms. The van der Waals surface area contributed by atoms with Gasteiger partial charge in [-0.15, -0.1) is 24.0 Å². The van der Waals surface area contributed by atoms with Gasteiger partial charge in [0.1, 0.15) is 5.76 Å². The number of hydrogen-bond acceptors (Lipinski definition) is 4. The van der Waals surface area contributed by atoms with Crippen molar-refractivity contribution in [1.82, 2.24) is 5.32 Å². The van der Waals surface area contributed by atoms with Crippen molar-refractivity contribution in [2.75, 3.05) is 14.2 Å². The zero-order valence-electron chi connectivity index (χ0n) is 9.02. The highest BCUT2D eigenvalue weighted by atomic mass is 127. The van der Waals surface area contributed by atoms with E-state index < -0.39 is 5.97 Å². The van der Waals surface area contributed by atoms with Gasteiger partial charge < -0.3 is 20.2 Å². The Labute approximate surface area is 110 Å². The molecule has 0 aliphatic heterocycles. The fraction of sp³-hybridized carbons (Fsp3) is 0.333. The Morgan fingerprint density at radius 3 is 2.88 bits per heavy atom. The number of hydrogen-bond donors (Lipinski definition) is 2. The van der Waals surface area contributed by atoms with Gasteiger partial charge in [-0.25, -0.2) is 4.79 Å². The van der Waals surface area contributed by atoms with Crippen molar-refractivity contribution in [2.45, 2.75) is 6.54 Å². The fourth-order valence-electron chi connectivity index (χ4n) is 0.940. The Morgan fingerprint density at radius 1 is 1.62 bits per heavy atom. The van der Waals surface area contributed by atoms with Crippen LogP contribution in [-0.2, 0) is 11.3 Å². The number of nitrogens with zero attached hydrogens (tertiary/aromatic N) is 1. The SMILES string of the molecule is CN=C(N)NCc1ccc(C(=O)OC)o1.I. The van der Waals surface area contributed by atoms with Crippen molar-refractivity contribution >= 4 is 35.9 Å². The molecule has 0 aliphatic rings. The van der Waals surface area contributed by atoms with Crippen molar-refractivity contribution < 1.29 is 13.9 Å². The summed E-state index contributed by atoms with van der Waals surface area (Å²) in [5, 5.41) is 2.80. The summed E-state index contributed by atoms with van der Waals surface area (Å²) in [6.07, 6.45) is 0. The molecule has 0 atom stereocenters. The zero-order chi connectivity index (χ0) is 11.3. The number of rotatable bonds is 3. The number of guanidine groups is 1. The molecule has 1 rings (SSSR count). The predicted molar refractivity (Wildman–Crippen MR) is 69.8 cm³/mol. The number of nitrogens with two attached hydrogens (primary N) is 1. The average Bonchev–Trinajstić information content (AvgIpc) is 2.73. The topological polar surface area (TPSA) is 89.8 Å². The Kier molecular flexibility index (Phi) is 6.54. The number of halogens is 1. The monoisotopic (exact) mass is 339 g/mol. The lowest BCUT2D eigenvalue weighted by Gasteiger charge is -2.01. The smallest absolute Gasteiger partial charge is 0.373 e. The number of aliphatic imine (C=N–C) groups is 1. The Morgan fingerprint density at radius 2 is 2.31 bits per heavy atom. The lowest BCUT2D eigenvalue weighted by molar-refractivity contribution is 0.0563. The van der Waals surface area contributed by atoms with Gasteiger partial charge in [0.25, 0.3) is 0 Å². The van der Waals surface area contributed by atoms with Gasteiger partial charge in [-0.1, -0.05) is 0 Å². The quantitative estimate of drug-likeness (QED) is 0.367. The molecule has 0 radical (unpaired) electrons. The summed E-state index contributed by atoms with van der Waals surface area (Å²) in [6, 6.07) is 3.21. The van der Waals surface area contributed by atoms with Crippen LogP contribution < -0.4 is 11.1 Å². The molecule has 0 spiro atoms. The molecule has 0 unspecified atom stereocenters. The number of carbonyl (C=O) groups is 1. The maximum absolute atomic E-state index is 11.0. The zero-order valence-corrected chi connectivity index (χ0v) is 11.3. The van der Waals surface area contributed by atoms with Gasteiger partial charge in [0.15, 0.2) is 5.96 Å². The minimum atomic E-state index is -0.501. The number of furan rings is 1. The van der Waals surface area contributed by atoms with E-state index in [1.54, 1.807) is 19.2 Å². The first kappa shape index (κ1) is 14.8. The van der Waals surface area contributed by atoms with E-state index in [9.17, 15) is 4.79 Å². The van der Waals surface area contributed by atoms with Gasteiger partial charge in [0, 0.05) is 7.05 Å². The highest BCUT2D eigenvalue weighted by Crippen LogP contribution is 2.08. The molecule has 1 aromatic rings. The fourth-order valence-corrected chi connectivity index (χ4v) is 0.940. The van der Waals surface area contributed by atoms with Gasteiger partial charge in [-0.2, -0.15) is 0 Å². The molecule has 0 fully saturated rings. The van der Waals surface area contributed by atoms with Crippen LogP contribution in [0, 0.1) is 0 Å². The van der Waals surface area contributed by atoms with Crippen molar-refractivity contribution in [3.63, 3.8) is 0 Å². The van der Waals surface area contributed by atoms with Gasteiger partial charge >= 0.3 is 5.97 Å². The van der Waals surface area contributed by atoms with Crippen LogP contribution in [0.15, 0.2) is 21.5 Å². The lowest BCUT2D eigenvalue weighted by atomic mass is 10.4. The molecule has 1 heterocycles. The van der Waals surface area contributed by atoms with Crippen LogP contribution >= 0.6 is 24.0 Å². The number of methoxy groups -OCH3 is 1. The number of esters is 1. The first-order valence-electron chi connectivity index (χ1n) is 4.30. The van der Waals surface area contributed by atoms with Crippen molar-refractivity contribution in [3.05, 3.63) is 23.7 Å². The van der Waals surface area contributed by atoms with Crippen LogP contribution in [0.25, 0.3) is 0 Å². The average molecular weight is 339 g/mol. The second-order valence-corrected chi connectivity index (χ2v) is 2.72. The minimum absolute atomic E-state index is 0. The molecule has 90 valence electrons. The first-order valence-corrected chi connectivity index (χ1v) is 4.30. The second-order valence-electron chi connectivity index (χ2n) is 2.72. The molecular formula is C9H14IN3O3. The summed E-state index contributed by atoms with van der Waals surface area (Å²) in [6.45, 7) is 0.375. The van der Waals surface area contributed by atoms with Crippen LogP contribution in [0.1, 0.15) is 16.3 Å². The first-order chi connectivity index (χ1) is 7.17. The van der Waals surface area contributed by atoms with Crippen molar-refractivity contribution in [3.8, 4) is 0 Å². The number of ether oxygens (including phenoxy) is 1. The third-order valence-electron chi connectivity index (χ3n) is 1.73. The van der Waals surface area contributed by atoms with E-state index in [0.29, 0.717) is 18.3 Å². The highest BCUT2D eigenvalue weighted by Gasteiger charge is 2.10. The number of carbonyl (C=O) groups excluding carboxylic acids is 1. The van der Waals surface area contributed by atoms with E-state index in [-0.39, 0.29) is 29.7 Å². The van der Waals surface area contributed by atoms with E-state index >= 15 is 0 Å². The lowest BCUT2D eigenvalue weighted by Crippen LogP contribution is -2.30. The Balaban J connectivity index is 0.00000225. The molecular weight excluding hydrogens is 325 g/mol. The Hall–Kier alpha value is -1.25. The summed E-state index contributed by atoms with van der Waals surface area (Å²) in [5.41, 5.74) is 5.42. The van der Waals surface area contributed by atoms with Gasteiger partial charge in [0.2, 0.25) is 5.76 Å². The van der Waals surface area contributed by atoms with E-state index in [0.717, 1.165) is 0 Å². The molecule has 0 saturated heterocycles.